The molecular weight excluding hydrogens is 536 g/mol. The van der Waals surface area contributed by atoms with Gasteiger partial charge in [-0.3, -0.25) is 14.4 Å². The summed E-state index contributed by atoms with van der Waals surface area (Å²) >= 11 is 1.47. The molecular formula is C26H34N8O5S. The molecule has 3 amide bonds. The van der Waals surface area contributed by atoms with Crippen LogP contribution in [0.5, 0.6) is 0 Å². The van der Waals surface area contributed by atoms with Crippen LogP contribution in [0, 0.1) is 0 Å². The summed E-state index contributed by atoms with van der Waals surface area (Å²) in [6.45, 7) is 0. The number of imidazole rings is 2. The number of aromatic amines is 2. The van der Waals surface area contributed by atoms with E-state index in [1.165, 1.54) is 36.8 Å². The lowest BCUT2D eigenvalue weighted by atomic mass is 10.0. The lowest BCUT2D eigenvalue weighted by Crippen LogP contribution is -2.58. The smallest absolute Gasteiger partial charge is 0.326 e. The molecule has 1 aromatic carbocycles. The Labute approximate surface area is 235 Å². The summed E-state index contributed by atoms with van der Waals surface area (Å²) in [7, 11) is 0. The maximum absolute atomic E-state index is 13.4. The van der Waals surface area contributed by atoms with Gasteiger partial charge in [-0.05, 0) is 30.4 Å². The molecule has 14 heteroatoms. The minimum atomic E-state index is -1.24. The fourth-order valence-corrected chi connectivity index (χ4v) is 4.40. The van der Waals surface area contributed by atoms with E-state index in [1.807, 2.05) is 36.6 Å². The van der Waals surface area contributed by atoms with Gasteiger partial charge in [-0.25, -0.2) is 14.8 Å². The first-order chi connectivity index (χ1) is 19.3. The second kappa shape index (κ2) is 15.4. The molecule has 2 heterocycles. The van der Waals surface area contributed by atoms with Crippen LogP contribution in [-0.4, -0.2) is 84.9 Å². The number of aliphatic carboxylic acids is 1. The molecule has 3 rings (SSSR count). The number of aromatic nitrogens is 4. The molecule has 0 aliphatic heterocycles. The number of amides is 3. The SMILES string of the molecule is CSCCC(NC(=O)C(Cc1cnc[nH]1)NC(=O)C(N)Cc1ccccc1)C(=O)NC(Cc1cnc[nH]1)C(=O)O. The van der Waals surface area contributed by atoms with Gasteiger partial charge < -0.3 is 36.8 Å². The van der Waals surface area contributed by atoms with E-state index in [-0.39, 0.29) is 25.7 Å². The van der Waals surface area contributed by atoms with Crippen LogP contribution in [0.25, 0.3) is 0 Å². The number of thioether (sulfide) groups is 1. The van der Waals surface area contributed by atoms with Gasteiger partial charge in [-0.15, -0.1) is 0 Å². The van der Waals surface area contributed by atoms with Crippen molar-refractivity contribution in [1.29, 1.82) is 0 Å². The van der Waals surface area contributed by atoms with Crippen LogP contribution in [0.15, 0.2) is 55.4 Å². The van der Waals surface area contributed by atoms with Crippen molar-refractivity contribution in [2.45, 2.75) is 49.9 Å². The number of hydrogen-bond donors (Lipinski definition) is 7. The van der Waals surface area contributed by atoms with Crippen molar-refractivity contribution in [3.8, 4) is 0 Å². The monoisotopic (exact) mass is 570 g/mol. The zero-order valence-electron chi connectivity index (χ0n) is 22.0. The predicted octanol–water partition coefficient (Wildman–Crippen LogP) is -0.220. The standard InChI is InChI=1S/C26H34N8O5S/c1-40-8-7-20(24(36)34-22(26(38)39)11-18-13-29-15-31-18)32-25(37)21(10-17-12-28-14-30-17)33-23(35)19(27)9-16-5-3-2-4-6-16/h2-6,12-15,19-22H,7-11,27H2,1H3,(H,28,30)(H,29,31)(H,32,37)(H,33,35)(H,34,36)(H,38,39). The molecule has 8 N–H and O–H groups in total. The summed E-state index contributed by atoms with van der Waals surface area (Å²) < 4.78 is 0. The van der Waals surface area contributed by atoms with E-state index in [2.05, 4.69) is 35.9 Å². The highest BCUT2D eigenvalue weighted by atomic mass is 32.2. The number of carbonyl (C=O) groups excluding carboxylic acids is 3. The zero-order valence-corrected chi connectivity index (χ0v) is 22.8. The maximum atomic E-state index is 13.4. The van der Waals surface area contributed by atoms with Crippen LogP contribution in [0.3, 0.4) is 0 Å². The first-order valence-corrected chi connectivity index (χ1v) is 14.0. The predicted molar refractivity (Wildman–Crippen MR) is 149 cm³/mol. The van der Waals surface area contributed by atoms with Crippen molar-refractivity contribution in [2.75, 3.05) is 12.0 Å². The molecule has 0 radical (unpaired) electrons. The number of benzene rings is 1. The Morgan fingerprint density at radius 2 is 1.40 bits per heavy atom. The average molecular weight is 571 g/mol. The highest BCUT2D eigenvalue weighted by Gasteiger charge is 2.31. The van der Waals surface area contributed by atoms with E-state index in [0.29, 0.717) is 17.1 Å². The summed E-state index contributed by atoms with van der Waals surface area (Å²) in [5, 5.41) is 17.5. The molecule has 0 bridgehead atoms. The van der Waals surface area contributed by atoms with Crippen LogP contribution in [-0.2, 0) is 38.4 Å². The fraction of sp³-hybridized carbons (Fsp3) is 0.385. The Bertz CT molecular complexity index is 1220. The molecule has 4 atom stereocenters. The van der Waals surface area contributed by atoms with E-state index < -0.39 is 47.9 Å². The largest absolute Gasteiger partial charge is 0.480 e. The third kappa shape index (κ3) is 9.54. The molecule has 0 aliphatic rings. The van der Waals surface area contributed by atoms with Gasteiger partial charge in [-0.1, -0.05) is 30.3 Å². The quantitative estimate of drug-likeness (QED) is 0.121. The molecule has 13 nitrogen and oxygen atoms in total. The molecule has 0 saturated carbocycles. The normalized spacial score (nSPS) is 13.9. The molecule has 3 aromatic rings. The Hall–Kier alpha value is -4.17. The number of carboxylic acids is 1. The van der Waals surface area contributed by atoms with Crippen molar-refractivity contribution in [1.82, 2.24) is 35.9 Å². The summed E-state index contributed by atoms with van der Waals surface area (Å²) in [5.74, 6) is -2.50. The number of H-pyrrole nitrogens is 2. The lowest BCUT2D eigenvalue weighted by molar-refractivity contribution is -0.142. The molecule has 0 spiro atoms. The third-order valence-electron chi connectivity index (χ3n) is 6.08. The van der Waals surface area contributed by atoms with Crippen molar-refractivity contribution >= 4 is 35.5 Å². The topological polar surface area (TPSA) is 208 Å². The highest BCUT2D eigenvalue weighted by molar-refractivity contribution is 7.98. The molecule has 0 aliphatic carbocycles. The summed E-state index contributed by atoms with van der Waals surface area (Å²) in [5.41, 5.74) is 8.13. The van der Waals surface area contributed by atoms with Gasteiger partial charge in [0, 0.05) is 36.6 Å². The van der Waals surface area contributed by atoms with E-state index in [4.69, 9.17) is 5.73 Å². The number of rotatable bonds is 16. The molecule has 0 saturated heterocycles. The molecule has 0 fully saturated rings. The van der Waals surface area contributed by atoms with Gasteiger partial charge in [-0.2, -0.15) is 11.8 Å². The fourth-order valence-electron chi connectivity index (χ4n) is 3.93. The Morgan fingerprint density at radius 3 is 1.95 bits per heavy atom. The van der Waals surface area contributed by atoms with Crippen LogP contribution in [0.2, 0.25) is 0 Å². The first-order valence-electron chi connectivity index (χ1n) is 12.6. The Kier molecular flexibility index (Phi) is 11.7. The number of carboxylic acid groups (broad SMARTS) is 1. The van der Waals surface area contributed by atoms with Crippen molar-refractivity contribution in [3.05, 3.63) is 72.3 Å². The van der Waals surface area contributed by atoms with E-state index in [9.17, 15) is 24.3 Å². The van der Waals surface area contributed by atoms with Gasteiger partial charge in [0.2, 0.25) is 17.7 Å². The van der Waals surface area contributed by atoms with Crippen LogP contribution in [0.4, 0.5) is 0 Å². The summed E-state index contributed by atoms with van der Waals surface area (Å²) in [6, 6.07) is 5.01. The number of hydrogen-bond acceptors (Lipinski definition) is 8. The second-order valence-electron chi connectivity index (χ2n) is 9.16. The van der Waals surface area contributed by atoms with Gasteiger partial charge in [0.15, 0.2) is 0 Å². The van der Waals surface area contributed by atoms with Gasteiger partial charge in [0.1, 0.15) is 18.1 Å². The lowest BCUT2D eigenvalue weighted by Gasteiger charge is -2.25. The van der Waals surface area contributed by atoms with Gasteiger partial charge in [0.25, 0.3) is 0 Å². The Morgan fingerprint density at radius 1 is 0.850 bits per heavy atom. The van der Waals surface area contributed by atoms with Crippen LogP contribution < -0.4 is 21.7 Å². The van der Waals surface area contributed by atoms with Crippen molar-refractivity contribution in [2.24, 2.45) is 5.73 Å². The maximum Gasteiger partial charge on any atom is 0.326 e. The van der Waals surface area contributed by atoms with Crippen molar-refractivity contribution < 1.29 is 24.3 Å². The molecule has 4 unspecified atom stereocenters. The van der Waals surface area contributed by atoms with E-state index in [0.717, 1.165) is 5.56 Å². The van der Waals surface area contributed by atoms with Crippen LogP contribution >= 0.6 is 11.8 Å². The minimum Gasteiger partial charge on any atom is -0.480 e. The molecule has 2 aromatic heterocycles. The third-order valence-corrected chi connectivity index (χ3v) is 6.73. The number of carbonyl (C=O) groups is 4. The van der Waals surface area contributed by atoms with Crippen molar-refractivity contribution in [3.63, 3.8) is 0 Å². The van der Waals surface area contributed by atoms with E-state index >= 15 is 0 Å². The Balaban J connectivity index is 1.71. The average Bonchev–Trinajstić information content (AvgIpc) is 3.65. The first kappa shape index (κ1) is 30.4. The zero-order chi connectivity index (χ0) is 28.9. The molecule has 214 valence electrons. The highest BCUT2D eigenvalue weighted by Crippen LogP contribution is 2.07. The molecule has 40 heavy (non-hydrogen) atoms. The van der Waals surface area contributed by atoms with E-state index in [1.54, 1.807) is 0 Å². The van der Waals surface area contributed by atoms with Crippen LogP contribution in [0.1, 0.15) is 23.4 Å². The second-order valence-corrected chi connectivity index (χ2v) is 10.1. The van der Waals surface area contributed by atoms with Gasteiger partial charge >= 0.3 is 5.97 Å². The minimum absolute atomic E-state index is 0.0118. The van der Waals surface area contributed by atoms with Gasteiger partial charge in [0.05, 0.1) is 18.7 Å². The summed E-state index contributed by atoms with van der Waals surface area (Å²) in [4.78, 5) is 64.9. The number of nitrogens with one attached hydrogen (secondary N) is 5. The number of nitrogens with two attached hydrogens (primary N) is 1. The summed E-state index contributed by atoms with van der Waals surface area (Å²) in [6.07, 6.45) is 8.30. The number of nitrogens with zero attached hydrogens (tertiary/aromatic N) is 2.